The van der Waals surface area contributed by atoms with Gasteiger partial charge in [-0.3, -0.25) is 0 Å². The fourth-order valence-electron chi connectivity index (χ4n) is 2.38. The minimum atomic E-state index is -0.576. The van der Waals surface area contributed by atoms with Gasteiger partial charge in [-0.25, -0.2) is 4.79 Å². The normalized spacial score (nSPS) is 16.1. The van der Waals surface area contributed by atoms with Gasteiger partial charge in [0.05, 0.1) is 12.8 Å². The fourth-order valence-corrected chi connectivity index (χ4v) is 2.38. The van der Waals surface area contributed by atoms with E-state index < -0.39 is 6.10 Å². The number of hydrogen-bond donors (Lipinski definition) is 0. The van der Waals surface area contributed by atoms with Crippen LogP contribution in [0.15, 0.2) is 28.8 Å². The van der Waals surface area contributed by atoms with Crippen LogP contribution < -0.4 is 9.47 Å². The first kappa shape index (κ1) is 15.4. The third-order valence-electron chi connectivity index (χ3n) is 3.73. The number of carbonyl (C=O) groups excluding carboxylic acids is 1. The molecule has 0 fully saturated rings. The van der Waals surface area contributed by atoms with E-state index in [1.54, 1.807) is 6.07 Å². The molecule has 0 radical (unpaired) electrons. The lowest BCUT2D eigenvalue weighted by Gasteiger charge is -2.08. The summed E-state index contributed by atoms with van der Waals surface area (Å²) in [5.41, 5.74) is 1.87. The van der Waals surface area contributed by atoms with Gasteiger partial charge in [0.15, 0.2) is 11.9 Å². The molecule has 0 saturated carbocycles. The van der Waals surface area contributed by atoms with Crippen molar-refractivity contribution < 1.29 is 23.5 Å². The second-order valence-electron chi connectivity index (χ2n) is 5.76. The Kier molecular flexibility index (Phi) is 4.23. The van der Waals surface area contributed by atoms with Crippen molar-refractivity contribution in [3.05, 3.63) is 41.3 Å². The Morgan fingerprint density at radius 3 is 2.91 bits per heavy atom. The maximum atomic E-state index is 11.5. The summed E-state index contributed by atoms with van der Waals surface area (Å²) in [7, 11) is 1.35. The first-order chi connectivity index (χ1) is 11.1. The Bertz CT molecular complexity index is 707. The maximum Gasteiger partial charge on any atom is 0.347 e. The van der Waals surface area contributed by atoms with Gasteiger partial charge in [-0.2, -0.15) is 0 Å². The molecule has 0 saturated heterocycles. The molecule has 3 rings (SSSR count). The predicted octanol–water partition coefficient (Wildman–Crippen LogP) is 2.85. The standard InChI is InChI=1S/C17H19NO5/c1-10(2)14-7-13(23-18-14)9-21-12-5-4-11-6-16(17(19)20-3)22-15(11)8-12/h4-5,7-8,10,16H,6,9H2,1-3H3. The number of fused-ring (bicyclic) bond motifs is 1. The molecule has 1 unspecified atom stereocenters. The van der Waals surface area contributed by atoms with Crippen LogP contribution in [0.3, 0.4) is 0 Å². The van der Waals surface area contributed by atoms with Crippen molar-refractivity contribution in [1.29, 1.82) is 0 Å². The van der Waals surface area contributed by atoms with Crippen molar-refractivity contribution in [2.75, 3.05) is 7.11 Å². The van der Waals surface area contributed by atoms with Crippen LogP contribution in [-0.4, -0.2) is 24.3 Å². The van der Waals surface area contributed by atoms with E-state index in [1.165, 1.54) is 7.11 Å². The minimum absolute atomic E-state index is 0.291. The first-order valence-electron chi connectivity index (χ1n) is 7.52. The van der Waals surface area contributed by atoms with Crippen molar-refractivity contribution in [1.82, 2.24) is 5.16 Å². The van der Waals surface area contributed by atoms with Gasteiger partial charge in [0, 0.05) is 18.6 Å². The molecule has 1 atom stereocenters. The minimum Gasteiger partial charge on any atom is -0.485 e. The van der Waals surface area contributed by atoms with Crippen LogP contribution in [0.5, 0.6) is 11.5 Å². The molecular formula is C17H19NO5. The van der Waals surface area contributed by atoms with E-state index >= 15 is 0 Å². The number of rotatable bonds is 5. The summed E-state index contributed by atoms with van der Waals surface area (Å²) in [5, 5.41) is 3.99. The molecule has 0 aliphatic carbocycles. The second-order valence-corrected chi connectivity index (χ2v) is 5.76. The van der Waals surface area contributed by atoms with Crippen molar-refractivity contribution in [2.45, 2.75) is 38.9 Å². The number of carbonyl (C=O) groups is 1. The van der Waals surface area contributed by atoms with E-state index in [1.807, 2.05) is 18.2 Å². The Labute approximate surface area is 134 Å². The van der Waals surface area contributed by atoms with Gasteiger partial charge in [-0.15, -0.1) is 0 Å². The quantitative estimate of drug-likeness (QED) is 0.790. The van der Waals surface area contributed by atoms with E-state index in [-0.39, 0.29) is 5.97 Å². The third-order valence-corrected chi connectivity index (χ3v) is 3.73. The fraction of sp³-hybridized carbons (Fsp3) is 0.412. The number of hydrogen-bond acceptors (Lipinski definition) is 6. The molecule has 0 amide bonds. The molecule has 0 N–H and O–H groups in total. The number of aromatic nitrogens is 1. The van der Waals surface area contributed by atoms with Crippen LogP contribution in [0.4, 0.5) is 0 Å². The van der Waals surface area contributed by atoms with Gasteiger partial charge in [-0.05, 0) is 17.5 Å². The molecular weight excluding hydrogens is 298 g/mol. The zero-order chi connectivity index (χ0) is 16.4. The number of benzene rings is 1. The van der Waals surface area contributed by atoms with Gasteiger partial charge in [-0.1, -0.05) is 25.1 Å². The van der Waals surface area contributed by atoms with E-state index in [9.17, 15) is 4.79 Å². The lowest BCUT2D eigenvalue weighted by Crippen LogP contribution is -2.26. The van der Waals surface area contributed by atoms with E-state index in [2.05, 4.69) is 19.0 Å². The highest BCUT2D eigenvalue weighted by Crippen LogP contribution is 2.33. The summed E-state index contributed by atoms with van der Waals surface area (Å²) >= 11 is 0. The molecule has 6 heteroatoms. The van der Waals surface area contributed by atoms with Gasteiger partial charge >= 0.3 is 5.97 Å². The molecule has 122 valence electrons. The molecule has 0 bridgehead atoms. The molecule has 1 aliphatic heterocycles. The molecule has 1 aromatic heterocycles. The van der Waals surface area contributed by atoms with Gasteiger partial charge in [0.2, 0.25) is 0 Å². The van der Waals surface area contributed by atoms with Crippen molar-refractivity contribution in [2.24, 2.45) is 0 Å². The highest BCUT2D eigenvalue weighted by atomic mass is 16.6. The Morgan fingerprint density at radius 1 is 1.39 bits per heavy atom. The van der Waals surface area contributed by atoms with E-state index in [4.69, 9.17) is 18.7 Å². The number of methoxy groups -OCH3 is 1. The van der Waals surface area contributed by atoms with Crippen LogP contribution >= 0.6 is 0 Å². The summed E-state index contributed by atoms with van der Waals surface area (Å²) < 4.78 is 21.2. The van der Waals surface area contributed by atoms with Crippen molar-refractivity contribution >= 4 is 5.97 Å². The SMILES string of the molecule is COC(=O)C1Cc2ccc(OCc3cc(C(C)C)no3)cc2O1. The summed E-state index contributed by atoms with van der Waals surface area (Å²) in [6.07, 6.45) is -0.0598. The van der Waals surface area contributed by atoms with Crippen LogP contribution in [0, 0.1) is 0 Å². The lowest BCUT2D eigenvalue weighted by atomic mass is 10.1. The van der Waals surface area contributed by atoms with E-state index in [0.717, 1.165) is 11.3 Å². The number of nitrogens with zero attached hydrogens (tertiary/aromatic N) is 1. The summed E-state index contributed by atoms with van der Waals surface area (Å²) in [4.78, 5) is 11.5. The summed E-state index contributed by atoms with van der Waals surface area (Å²) in [6, 6.07) is 7.41. The molecule has 2 heterocycles. The topological polar surface area (TPSA) is 70.8 Å². The van der Waals surface area contributed by atoms with E-state index in [0.29, 0.717) is 36.2 Å². The monoisotopic (exact) mass is 317 g/mol. The zero-order valence-electron chi connectivity index (χ0n) is 13.4. The predicted molar refractivity (Wildman–Crippen MR) is 81.5 cm³/mol. The van der Waals surface area contributed by atoms with Crippen LogP contribution in [0.1, 0.15) is 36.8 Å². The Morgan fingerprint density at radius 2 is 2.22 bits per heavy atom. The third kappa shape index (κ3) is 3.31. The Hall–Kier alpha value is -2.50. The summed E-state index contributed by atoms with van der Waals surface area (Å²) in [6.45, 7) is 4.40. The van der Waals surface area contributed by atoms with Crippen molar-refractivity contribution in [3.8, 4) is 11.5 Å². The molecule has 6 nitrogen and oxygen atoms in total. The van der Waals surface area contributed by atoms with Gasteiger partial charge in [0.25, 0.3) is 0 Å². The van der Waals surface area contributed by atoms with Crippen LogP contribution in [-0.2, 0) is 22.6 Å². The Balaban J connectivity index is 1.63. The molecule has 0 spiro atoms. The number of esters is 1. The number of ether oxygens (including phenoxy) is 3. The molecule has 1 aromatic carbocycles. The molecule has 2 aromatic rings. The average molecular weight is 317 g/mol. The maximum absolute atomic E-state index is 11.5. The summed E-state index contributed by atoms with van der Waals surface area (Å²) in [5.74, 6) is 1.92. The van der Waals surface area contributed by atoms with Crippen LogP contribution in [0.25, 0.3) is 0 Å². The van der Waals surface area contributed by atoms with Crippen LogP contribution in [0.2, 0.25) is 0 Å². The van der Waals surface area contributed by atoms with Crippen molar-refractivity contribution in [3.63, 3.8) is 0 Å². The zero-order valence-corrected chi connectivity index (χ0v) is 13.4. The first-order valence-corrected chi connectivity index (χ1v) is 7.52. The average Bonchev–Trinajstić information content (AvgIpc) is 3.18. The van der Waals surface area contributed by atoms with Gasteiger partial charge in [0.1, 0.15) is 18.1 Å². The molecule has 1 aliphatic rings. The highest BCUT2D eigenvalue weighted by molar-refractivity contribution is 5.76. The second kappa shape index (κ2) is 6.32. The molecule has 23 heavy (non-hydrogen) atoms. The smallest absolute Gasteiger partial charge is 0.347 e. The highest BCUT2D eigenvalue weighted by Gasteiger charge is 2.30. The van der Waals surface area contributed by atoms with Gasteiger partial charge < -0.3 is 18.7 Å². The largest absolute Gasteiger partial charge is 0.485 e. The lowest BCUT2D eigenvalue weighted by molar-refractivity contribution is -0.147.